The van der Waals surface area contributed by atoms with Crippen LogP contribution in [0.15, 0.2) is 12.1 Å². The lowest BCUT2D eigenvalue weighted by atomic mass is 9.82. The van der Waals surface area contributed by atoms with Crippen LogP contribution in [0.4, 0.5) is 0 Å². The topological polar surface area (TPSA) is 33.3 Å². The molecule has 0 fully saturated rings. The molecule has 0 saturated heterocycles. The Morgan fingerprint density at radius 1 is 1.11 bits per heavy atom. The molecule has 3 heteroatoms. The number of hydrogen-bond donors (Lipinski definition) is 2. The Labute approximate surface area is 117 Å². The van der Waals surface area contributed by atoms with Gasteiger partial charge in [-0.1, -0.05) is 19.9 Å². The van der Waals surface area contributed by atoms with Crippen molar-refractivity contribution >= 4 is 0 Å². The number of ether oxygens (including phenoxy) is 1. The van der Waals surface area contributed by atoms with Crippen LogP contribution in [0.3, 0.4) is 0 Å². The minimum absolute atomic E-state index is 0.0531. The Bertz CT molecular complexity index is 413. The number of rotatable bonds is 7. The zero-order chi connectivity index (χ0) is 14.5. The average molecular weight is 264 g/mol. The van der Waals surface area contributed by atoms with Crippen molar-refractivity contribution in [3.05, 3.63) is 28.8 Å². The molecule has 0 heterocycles. The third-order valence-electron chi connectivity index (χ3n) is 3.66. The van der Waals surface area contributed by atoms with Crippen molar-refractivity contribution in [1.82, 2.24) is 10.6 Å². The van der Waals surface area contributed by atoms with Crippen LogP contribution >= 0.6 is 0 Å². The van der Waals surface area contributed by atoms with Gasteiger partial charge in [-0.2, -0.15) is 0 Å². The summed E-state index contributed by atoms with van der Waals surface area (Å²) >= 11 is 0. The number of nitrogens with one attached hydrogen (secondary N) is 2. The highest BCUT2D eigenvalue weighted by molar-refractivity contribution is 5.45. The molecule has 0 spiro atoms. The van der Waals surface area contributed by atoms with E-state index in [-0.39, 0.29) is 5.41 Å². The first-order valence-corrected chi connectivity index (χ1v) is 6.93. The third kappa shape index (κ3) is 4.22. The van der Waals surface area contributed by atoms with E-state index in [0.29, 0.717) is 0 Å². The average Bonchev–Trinajstić information content (AvgIpc) is 2.37. The molecule has 2 N–H and O–H groups in total. The lowest BCUT2D eigenvalue weighted by Gasteiger charge is -2.28. The van der Waals surface area contributed by atoms with Crippen molar-refractivity contribution in [3.63, 3.8) is 0 Å². The maximum absolute atomic E-state index is 5.55. The quantitative estimate of drug-likeness (QED) is 0.742. The van der Waals surface area contributed by atoms with E-state index in [0.717, 1.165) is 25.4 Å². The fourth-order valence-corrected chi connectivity index (χ4v) is 2.20. The molecule has 19 heavy (non-hydrogen) atoms. The van der Waals surface area contributed by atoms with Gasteiger partial charge in [0.15, 0.2) is 0 Å². The molecule has 0 bridgehead atoms. The van der Waals surface area contributed by atoms with Gasteiger partial charge in [0.05, 0.1) is 7.11 Å². The Kier molecular flexibility index (Phi) is 5.83. The zero-order valence-corrected chi connectivity index (χ0v) is 13.2. The Hall–Kier alpha value is -1.06. The van der Waals surface area contributed by atoms with E-state index in [1.807, 2.05) is 7.05 Å². The molecule has 0 radical (unpaired) electrons. The fourth-order valence-electron chi connectivity index (χ4n) is 2.20. The molecule has 1 aromatic carbocycles. The van der Waals surface area contributed by atoms with Crippen LogP contribution in [-0.4, -0.2) is 33.8 Å². The van der Waals surface area contributed by atoms with E-state index < -0.39 is 0 Å². The zero-order valence-electron chi connectivity index (χ0n) is 13.2. The van der Waals surface area contributed by atoms with E-state index in [1.54, 1.807) is 7.11 Å². The first kappa shape index (κ1) is 16.0. The summed E-state index contributed by atoms with van der Waals surface area (Å²) in [5, 5.41) is 6.64. The van der Waals surface area contributed by atoms with Gasteiger partial charge in [0.25, 0.3) is 0 Å². The van der Waals surface area contributed by atoms with Crippen LogP contribution in [0.2, 0.25) is 0 Å². The molecule has 0 atom stereocenters. The van der Waals surface area contributed by atoms with E-state index in [1.165, 1.54) is 16.7 Å². The molecule has 1 rings (SSSR count). The number of methoxy groups -OCH3 is 1. The highest BCUT2D eigenvalue weighted by atomic mass is 16.5. The first-order valence-electron chi connectivity index (χ1n) is 6.93. The maximum Gasteiger partial charge on any atom is 0.122 e. The monoisotopic (exact) mass is 264 g/mol. The van der Waals surface area contributed by atoms with Gasteiger partial charge in [0, 0.05) is 30.6 Å². The molecule has 0 unspecified atom stereocenters. The highest BCUT2D eigenvalue weighted by Gasteiger charge is 2.24. The van der Waals surface area contributed by atoms with Crippen LogP contribution in [0.25, 0.3) is 0 Å². The molecule has 3 nitrogen and oxygen atoms in total. The van der Waals surface area contributed by atoms with Crippen LogP contribution in [-0.2, 0) is 5.41 Å². The number of likely N-dealkylation sites (N-methyl/N-ethyl adjacent to an activating group) is 1. The van der Waals surface area contributed by atoms with Crippen molar-refractivity contribution in [2.24, 2.45) is 0 Å². The SMILES string of the molecule is CNCCNCC(C)(C)c1cc(C)c(C)cc1OC. The summed E-state index contributed by atoms with van der Waals surface area (Å²) in [7, 11) is 3.72. The van der Waals surface area contributed by atoms with Gasteiger partial charge in [-0.05, 0) is 38.1 Å². The summed E-state index contributed by atoms with van der Waals surface area (Å²) in [6.45, 7) is 11.7. The predicted molar refractivity (Wildman–Crippen MR) is 82.3 cm³/mol. The summed E-state index contributed by atoms with van der Waals surface area (Å²) < 4.78 is 5.55. The Morgan fingerprint density at radius 2 is 1.74 bits per heavy atom. The predicted octanol–water partition coefficient (Wildman–Crippen LogP) is 2.40. The van der Waals surface area contributed by atoms with E-state index in [9.17, 15) is 0 Å². The Morgan fingerprint density at radius 3 is 2.32 bits per heavy atom. The molecule has 0 aliphatic carbocycles. The lowest BCUT2D eigenvalue weighted by molar-refractivity contribution is 0.385. The number of benzene rings is 1. The third-order valence-corrected chi connectivity index (χ3v) is 3.66. The molecule has 108 valence electrons. The second kappa shape index (κ2) is 6.92. The standard InChI is InChI=1S/C16H28N2O/c1-12-9-14(15(19-6)10-13(12)2)16(3,4)11-18-8-7-17-5/h9-10,17-18H,7-8,11H2,1-6H3. The summed E-state index contributed by atoms with van der Waals surface area (Å²) in [5.41, 5.74) is 3.92. The van der Waals surface area contributed by atoms with Gasteiger partial charge in [-0.3, -0.25) is 0 Å². The van der Waals surface area contributed by atoms with Gasteiger partial charge in [0.2, 0.25) is 0 Å². The molecule has 0 aliphatic heterocycles. The normalized spacial score (nSPS) is 11.7. The number of aryl methyl sites for hydroxylation is 2. The van der Waals surface area contributed by atoms with E-state index in [2.05, 4.69) is 50.5 Å². The summed E-state index contributed by atoms with van der Waals surface area (Å²) in [5.74, 6) is 0.989. The van der Waals surface area contributed by atoms with Crippen LogP contribution in [0.5, 0.6) is 5.75 Å². The molecule has 0 aliphatic rings. The van der Waals surface area contributed by atoms with Gasteiger partial charge in [-0.25, -0.2) is 0 Å². The number of hydrogen-bond acceptors (Lipinski definition) is 3. The van der Waals surface area contributed by atoms with Gasteiger partial charge in [0.1, 0.15) is 5.75 Å². The van der Waals surface area contributed by atoms with Crippen molar-refractivity contribution in [2.75, 3.05) is 33.8 Å². The molecule has 0 amide bonds. The molecular weight excluding hydrogens is 236 g/mol. The summed E-state index contributed by atoms with van der Waals surface area (Å²) in [4.78, 5) is 0. The van der Waals surface area contributed by atoms with Crippen LogP contribution in [0, 0.1) is 13.8 Å². The van der Waals surface area contributed by atoms with Gasteiger partial charge in [-0.15, -0.1) is 0 Å². The molecular formula is C16H28N2O. The minimum atomic E-state index is 0.0531. The van der Waals surface area contributed by atoms with E-state index >= 15 is 0 Å². The summed E-state index contributed by atoms with van der Waals surface area (Å²) in [6.07, 6.45) is 0. The lowest BCUT2D eigenvalue weighted by Crippen LogP contribution is -2.36. The molecule has 1 aromatic rings. The summed E-state index contributed by atoms with van der Waals surface area (Å²) in [6, 6.07) is 4.40. The van der Waals surface area contributed by atoms with Crippen molar-refractivity contribution in [2.45, 2.75) is 33.1 Å². The van der Waals surface area contributed by atoms with Crippen LogP contribution in [0.1, 0.15) is 30.5 Å². The van der Waals surface area contributed by atoms with Gasteiger partial charge >= 0.3 is 0 Å². The van der Waals surface area contributed by atoms with Gasteiger partial charge < -0.3 is 15.4 Å². The largest absolute Gasteiger partial charge is 0.496 e. The first-order chi connectivity index (χ1) is 8.92. The highest BCUT2D eigenvalue weighted by Crippen LogP contribution is 2.33. The van der Waals surface area contributed by atoms with Crippen molar-refractivity contribution in [3.8, 4) is 5.75 Å². The van der Waals surface area contributed by atoms with Crippen molar-refractivity contribution in [1.29, 1.82) is 0 Å². The van der Waals surface area contributed by atoms with Crippen molar-refractivity contribution < 1.29 is 4.74 Å². The Balaban J connectivity index is 2.89. The smallest absolute Gasteiger partial charge is 0.122 e. The fraction of sp³-hybridized carbons (Fsp3) is 0.625. The van der Waals surface area contributed by atoms with E-state index in [4.69, 9.17) is 4.74 Å². The van der Waals surface area contributed by atoms with Crippen LogP contribution < -0.4 is 15.4 Å². The molecule has 0 saturated carbocycles. The minimum Gasteiger partial charge on any atom is -0.496 e. The second-order valence-corrected chi connectivity index (χ2v) is 5.80. The molecule has 0 aromatic heterocycles. The maximum atomic E-state index is 5.55. The second-order valence-electron chi connectivity index (χ2n) is 5.80.